The minimum Gasteiger partial charge on any atom is -0.393 e. The average molecular weight is 336 g/mol. The Morgan fingerprint density at radius 3 is 2.44 bits per heavy atom. The highest BCUT2D eigenvalue weighted by Gasteiger charge is 2.41. The number of hydrogen-bond donors (Lipinski definition) is 2. The summed E-state index contributed by atoms with van der Waals surface area (Å²) in [4.78, 5) is 0.188. The van der Waals surface area contributed by atoms with Gasteiger partial charge in [-0.2, -0.15) is 4.31 Å². The second-order valence-electron chi connectivity index (χ2n) is 4.42. The van der Waals surface area contributed by atoms with Crippen molar-refractivity contribution in [2.45, 2.75) is 16.9 Å². The van der Waals surface area contributed by atoms with Crippen LogP contribution in [0.1, 0.15) is 6.42 Å². The normalized spacial score (nSPS) is 25.5. The molecule has 1 aromatic rings. The van der Waals surface area contributed by atoms with Crippen LogP contribution >= 0.6 is 15.9 Å². The van der Waals surface area contributed by atoms with Crippen LogP contribution in [0.5, 0.6) is 0 Å². The molecule has 1 heterocycles. The number of hydrogen-bond acceptors (Lipinski definition) is 4. The van der Waals surface area contributed by atoms with Crippen molar-refractivity contribution in [2.24, 2.45) is 0 Å². The van der Waals surface area contributed by atoms with E-state index in [4.69, 9.17) is 5.11 Å². The van der Waals surface area contributed by atoms with E-state index in [1.807, 2.05) is 0 Å². The van der Waals surface area contributed by atoms with Gasteiger partial charge in [0.15, 0.2) is 0 Å². The van der Waals surface area contributed by atoms with Crippen molar-refractivity contribution in [3.8, 4) is 0 Å². The third kappa shape index (κ3) is 2.60. The Bertz CT molecular complexity index is 530. The van der Waals surface area contributed by atoms with Gasteiger partial charge < -0.3 is 10.2 Å². The fourth-order valence-electron chi connectivity index (χ4n) is 1.91. The molecule has 7 heteroatoms. The number of nitrogens with zero attached hydrogens (tertiary/aromatic N) is 1. The smallest absolute Gasteiger partial charge is 0.243 e. The number of sulfonamides is 1. The Hall–Kier alpha value is -0.470. The fraction of sp³-hybridized carbons (Fsp3) is 0.455. The van der Waals surface area contributed by atoms with Gasteiger partial charge in [0.1, 0.15) is 5.60 Å². The molecule has 0 spiro atoms. The zero-order chi connectivity index (χ0) is 13.4. The lowest BCUT2D eigenvalue weighted by Crippen LogP contribution is -2.38. The summed E-state index contributed by atoms with van der Waals surface area (Å²) in [5.74, 6) is 0. The first-order chi connectivity index (χ1) is 8.37. The topological polar surface area (TPSA) is 77.8 Å². The van der Waals surface area contributed by atoms with Crippen molar-refractivity contribution < 1.29 is 18.6 Å². The van der Waals surface area contributed by atoms with E-state index < -0.39 is 22.2 Å². The minimum absolute atomic E-state index is 0.0676. The molecular weight excluding hydrogens is 322 g/mol. The van der Waals surface area contributed by atoms with Crippen LogP contribution in [-0.4, -0.2) is 48.2 Å². The fourth-order valence-corrected chi connectivity index (χ4v) is 3.69. The van der Waals surface area contributed by atoms with Crippen molar-refractivity contribution in [2.75, 3.05) is 19.7 Å². The maximum atomic E-state index is 12.3. The average Bonchev–Trinajstić information content (AvgIpc) is 2.74. The molecule has 18 heavy (non-hydrogen) atoms. The molecule has 1 aliphatic heterocycles. The van der Waals surface area contributed by atoms with E-state index in [1.165, 1.54) is 16.4 Å². The molecule has 1 aliphatic rings. The molecule has 2 N–H and O–H groups in total. The number of benzene rings is 1. The minimum atomic E-state index is -3.60. The van der Waals surface area contributed by atoms with E-state index in [-0.39, 0.29) is 24.4 Å². The molecule has 100 valence electrons. The van der Waals surface area contributed by atoms with Crippen LogP contribution < -0.4 is 0 Å². The monoisotopic (exact) mass is 335 g/mol. The molecule has 5 nitrogen and oxygen atoms in total. The predicted molar refractivity (Wildman–Crippen MR) is 69.6 cm³/mol. The van der Waals surface area contributed by atoms with Gasteiger partial charge in [-0.05, 0) is 30.7 Å². The van der Waals surface area contributed by atoms with Crippen LogP contribution in [0.25, 0.3) is 0 Å². The first kappa shape index (κ1) is 14.0. The molecule has 1 saturated heterocycles. The lowest BCUT2D eigenvalue weighted by Gasteiger charge is -2.20. The second kappa shape index (κ2) is 4.90. The Balaban J connectivity index is 2.25. The third-order valence-corrected chi connectivity index (χ3v) is 5.43. The maximum Gasteiger partial charge on any atom is 0.243 e. The molecule has 1 fully saturated rings. The van der Waals surface area contributed by atoms with Gasteiger partial charge >= 0.3 is 0 Å². The van der Waals surface area contributed by atoms with Crippen LogP contribution in [0.3, 0.4) is 0 Å². The van der Waals surface area contributed by atoms with Crippen molar-refractivity contribution in [1.82, 2.24) is 4.31 Å². The van der Waals surface area contributed by atoms with Gasteiger partial charge in [-0.15, -0.1) is 0 Å². The van der Waals surface area contributed by atoms with Crippen LogP contribution in [0.2, 0.25) is 0 Å². The number of rotatable bonds is 3. The van der Waals surface area contributed by atoms with Crippen molar-refractivity contribution in [3.05, 3.63) is 28.7 Å². The SMILES string of the molecule is O=S(=O)(c1ccc(Br)cc1)N1CCC(O)(CO)C1. The summed E-state index contributed by atoms with van der Waals surface area (Å²) in [6, 6.07) is 6.33. The van der Waals surface area contributed by atoms with Gasteiger partial charge in [0.25, 0.3) is 0 Å². The van der Waals surface area contributed by atoms with Gasteiger partial charge in [-0.1, -0.05) is 15.9 Å². The van der Waals surface area contributed by atoms with E-state index in [9.17, 15) is 13.5 Å². The number of aliphatic hydroxyl groups excluding tert-OH is 1. The largest absolute Gasteiger partial charge is 0.393 e. The van der Waals surface area contributed by atoms with Crippen molar-refractivity contribution in [1.29, 1.82) is 0 Å². The van der Waals surface area contributed by atoms with Crippen LogP contribution in [-0.2, 0) is 10.0 Å². The van der Waals surface area contributed by atoms with Crippen LogP contribution in [0, 0.1) is 0 Å². The molecule has 1 atom stereocenters. The molecule has 0 saturated carbocycles. The van der Waals surface area contributed by atoms with E-state index in [0.29, 0.717) is 0 Å². The quantitative estimate of drug-likeness (QED) is 0.846. The van der Waals surface area contributed by atoms with Crippen LogP contribution in [0.4, 0.5) is 0 Å². The standard InChI is InChI=1S/C11H14BrNO4S/c12-9-1-3-10(4-2-9)18(16,17)13-6-5-11(15,7-13)8-14/h1-4,14-15H,5-8H2. The summed E-state index contributed by atoms with van der Waals surface area (Å²) in [6.45, 7) is -0.281. The molecule has 0 amide bonds. The number of β-amino-alcohol motifs (C(OH)–C–C–N with tert-alkyl or cyclic N) is 1. The Morgan fingerprint density at radius 1 is 1.33 bits per heavy atom. The summed E-state index contributed by atoms with van der Waals surface area (Å²) >= 11 is 3.24. The predicted octanol–water partition coefficient (Wildman–Crippen LogP) is 0.567. The highest BCUT2D eigenvalue weighted by molar-refractivity contribution is 9.10. The summed E-state index contributed by atoms with van der Waals surface area (Å²) < 4.78 is 26.5. The third-order valence-electron chi connectivity index (χ3n) is 3.04. The molecule has 0 aliphatic carbocycles. The van der Waals surface area contributed by atoms with E-state index >= 15 is 0 Å². The van der Waals surface area contributed by atoms with E-state index in [0.717, 1.165) is 4.47 Å². The lowest BCUT2D eigenvalue weighted by molar-refractivity contribution is -0.000733. The van der Waals surface area contributed by atoms with E-state index in [2.05, 4.69) is 15.9 Å². The molecule has 0 bridgehead atoms. The maximum absolute atomic E-state index is 12.3. The summed E-state index contributed by atoms with van der Waals surface area (Å²) in [5.41, 5.74) is -1.32. The summed E-state index contributed by atoms with van der Waals surface area (Å²) in [6.07, 6.45) is 0.249. The zero-order valence-corrected chi connectivity index (χ0v) is 12.0. The Morgan fingerprint density at radius 2 is 1.94 bits per heavy atom. The first-order valence-corrected chi connectivity index (χ1v) is 7.70. The van der Waals surface area contributed by atoms with Crippen molar-refractivity contribution in [3.63, 3.8) is 0 Å². The summed E-state index contributed by atoms with van der Waals surface area (Å²) in [5, 5.41) is 18.9. The van der Waals surface area contributed by atoms with Gasteiger partial charge in [0.05, 0.1) is 11.5 Å². The highest BCUT2D eigenvalue weighted by Crippen LogP contribution is 2.27. The molecule has 0 radical (unpaired) electrons. The molecule has 0 aromatic heterocycles. The number of halogens is 1. The highest BCUT2D eigenvalue weighted by atomic mass is 79.9. The molecule has 1 unspecified atom stereocenters. The molecular formula is C11H14BrNO4S. The summed E-state index contributed by atoms with van der Waals surface area (Å²) in [7, 11) is -3.60. The zero-order valence-electron chi connectivity index (χ0n) is 9.58. The van der Waals surface area contributed by atoms with E-state index in [1.54, 1.807) is 12.1 Å². The molecule has 1 aromatic carbocycles. The van der Waals surface area contributed by atoms with Gasteiger partial charge in [-0.25, -0.2) is 8.42 Å². The van der Waals surface area contributed by atoms with Gasteiger partial charge in [-0.3, -0.25) is 0 Å². The molecule has 2 rings (SSSR count). The van der Waals surface area contributed by atoms with Crippen molar-refractivity contribution >= 4 is 26.0 Å². The Labute approximate surface area is 114 Å². The Kier molecular flexibility index (Phi) is 3.80. The first-order valence-electron chi connectivity index (χ1n) is 5.46. The lowest BCUT2D eigenvalue weighted by atomic mass is 10.1. The van der Waals surface area contributed by atoms with Gasteiger partial charge in [0.2, 0.25) is 10.0 Å². The van der Waals surface area contributed by atoms with Crippen LogP contribution in [0.15, 0.2) is 33.6 Å². The van der Waals surface area contributed by atoms with Gasteiger partial charge in [0, 0.05) is 17.6 Å². The number of aliphatic hydroxyl groups is 2. The second-order valence-corrected chi connectivity index (χ2v) is 7.28.